The van der Waals surface area contributed by atoms with E-state index in [2.05, 4.69) is 4.98 Å². The predicted molar refractivity (Wildman–Crippen MR) is 141 cm³/mol. The molecule has 9 nitrogen and oxygen atoms in total. The first-order chi connectivity index (χ1) is 17.8. The molecule has 2 heterocycles. The van der Waals surface area contributed by atoms with Crippen molar-refractivity contribution >= 4 is 17.8 Å². The Balaban J connectivity index is 1.42. The number of benzene rings is 2. The van der Waals surface area contributed by atoms with Gasteiger partial charge in [-0.05, 0) is 29.9 Å². The fraction of sp³-hybridized carbons (Fsp3) is 0.357. The summed E-state index contributed by atoms with van der Waals surface area (Å²) in [6.07, 6.45) is 2.91. The van der Waals surface area contributed by atoms with Crippen LogP contribution in [0.2, 0.25) is 0 Å². The number of nitrogens with one attached hydrogen (secondary N) is 1. The zero-order chi connectivity index (χ0) is 26.5. The maximum absolute atomic E-state index is 13.0. The first-order valence-electron chi connectivity index (χ1n) is 12.5. The van der Waals surface area contributed by atoms with Gasteiger partial charge in [0, 0.05) is 43.9 Å². The van der Waals surface area contributed by atoms with Crippen LogP contribution in [0.5, 0.6) is 0 Å². The van der Waals surface area contributed by atoms with E-state index in [0.717, 1.165) is 41.1 Å². The quantitative estimate of drug-likeness (QED) is 0.375. The highest BCUT2D eigenvalue weighted by molar-refractivity contribution is 5.97. The molecular formula is C28H33N5O4. The Kier molecular flexibility index (Phi) is 8.03. The van der Waals surface area contributed by atoms with Gasteiger partial charge in [-0.2, -0.15) is 0 Å². The molecule has 4 rings (SSSR count). The van der Waals surface area contributed by atoms with Crippen LogP contribution in [0, 0.1) is 5.92 Å². The number of aromatic nitrogens is 2. The third-order valence-corrected chi connectivity index (χ3v) is 6.83. The van der Waals surface area contributed by atoms with E-state index < -0.39 is 6.09 Å². The number of aromatic amines is 1. The van der Waals surface area contributed by atoms with E-state index in [1.54, 1.807) is 12.1 Å². The smallest absolute Gasteiger partial charge is 0.407 e. The van der Waals surface area contributed by atoms with Crippen LogP contribution in [0.3, 0.4) is 0 Å². The minimum Gasteiger partial charge on any atom is -0.465 e. The monoisotopic (exact) mass is 503 g/mol. The standard InChI is InChI=1S/C28H33N5O4/c1-18(17-32(2)28(36)37)14-26(35)33-13-3-4-24(33)27-30-16-23(31-27)21-9-5-19(6-10-21)20-7-11-22(12-8-20)25(34)15-29/h5-12,16,18,24H,3-4,13-15,17,29H2,1-2H3,(H,30,31)(H,36,37)/t18?,24-/m0/s1. The van der Waals surface area contributed by atoms with Gasteiger partial charge in [0.1, 0.15) is 5.82 Å². The molecule has 0 radical (unpaired) electrons. The topological polar surface area (TPSA) is 133 Å². The lowest BCUT2D eigenvalue weighted by atomic mass is 10.0. The van der Waals surface area contributed by atoms with Crippen LogP contribution in [0.4, 0.5) is 4.79 Å². The van der Waals surface area contributed by atoms with Crippen molar-refractivity contribution in [3.8, 4) is 22.4 Å². The summed E-state index contributed by atoms with van der Waals surface area (Å²) in [5.74, 6) is 0.632. The van der Waals surface area contributed by atoms with Crippen molar-refractivity contribution in [2.45, 2.75) is 32.2 Å². The van der Waals surface area contributed by atoms with E-state index in [1.165, 1.54) is 11.9 Å². The number of carbonyl (C=O) groups excluding carboxylic acids is 2. The molecule has 9 heteroatoms. The number of H-pyrrole nitrogens is 1. The Hall–Kier alpha value is -3.98. The number of Topliss-reactive ketones (excluding diaryl/α,β-unsaturated/α-hetero) is 1. The summed E-state index contributed by atoms with van der Waals surface area (Å²) in [6.45, 7) is 2.88. The second-order valence-corrected chi connectivity index (χ2v) is 9.67. The van der Waals surface area contributed by atoms with Crippen LogP contribution < -0.4 is 5.73 Å². The summed E-state index contributed by atoms with van der Waals surface area (Å²) >= 11 is 0. The zero-order valence-electron chi connectivity index (χ0n) is 21.2. The summed E-state index contributed by atoms with van der Waals surface area (Å²) in [6, 6.07) is 15.3. The third-order valence-electron chi connectivity index (χ3n) is 6.83. The molecule has 2 amide bonds. The van der Waals surface area contributed by atoms with Gasteiger partial charge in [-0.25, -0.2) is 9.78 Å². The second-order valence-electron chi connectivity index (χ2n) is 9.67. The fourth-order valence-corrected chi connectivity index (χ4v) is 4.83. The van der Waals surface area contributed by atoms with Crippen LogP contribution in [-0.4, -0.2) is 69.3 Å². The van der Waals surface area contributed by atoms with E-state index in [0.29, 0.717) is 25.1 Å². The molecule has 0 saturated carbocycles. The lowest BCUT2D eigenvalue weighted by molar-refractivity contribution is -0.133. The average Bonchev–Trinajstić information content (AvgIpc) is 3.58. The average molecular weight is 504 g/mol. The molecule has 2 aromatic carbocycles. The minimum absolute atomic E-state index is 0.00398. The molecule has 3 aromatic rings. The third kappa shape index (κ3) is 6.06. The molecule has 37 heavy (non-hydrogen) atoms. The Morgan fingerprint density at radius 2 is 1.73 bits per heavy atom. The first-order valence-corrected chi connectivity index (χ1v) is 12.5. The molecule has 1 unspecified atom stereocenters. The van der Waals surface area contributed by atoms with Crippen molar-refractivity contribution < 1.29 is 19.5 Å². The second kappa shape index (κ2) is 11.4. The normalized spacial score (nSPS) is 16.0. The summed E-state index contributed by atoms with van der Waals surface area (Å²) in [7, 11) is 1.51. The highest BCUT2D eigenvalue weighted by Gasteiger charge is 2.32. The molecular weight excluding hydrogens is 470 g/mol. The Labute approximate surface area is 216 Å². The largest absolute Gasteiger partial charge is 0.465 e. The first kappa shape index (κ1) is 26.1. The zero-order valence-corrected chi connectivity index (χ0v) is 21.2. The van der Waals surface area contributed by atoms with Gasteiger partial charge >= 0.3 is 6.09 Å². The van der Waals surface area contributed by atoms with Crippen LogP contribution in [0.15, 0.2) is 54.7 Å². The summed E-state index contributed by atoms with van der Waals surface area (Å²) in [5, 5.41) is 9.08. The lowest BCUT2D eigenvalue weighted by Gasteiger charge is -2.25. The van der Waals surface area contributed by atoms with E-state index in [1.807, 2.05) is 54.4 Å². The molecule has 0 bridgehead atoms. The molecule has 194 valence electrons. The number of likely N-dealkylation sites (tertiary alicyclic amines) is 1. The highest BCUT2D eigenvalue weighted by atomic mass is 16.4. The van der Waals surface area contributed by atoms with Crippen molar-refractivity contribution in [1.29, 1.82) is 0 Å². The van der Waals surface area contributed by atoms with Crippen molar-refractivity contribution in [3.05, 3.63) is 66.1 Å². The van der Waals surface area contributed by atoms with Crippen LogP contribution >= 0.6 is 0 Å². The maximum Gasteiger partial charge on any atom is 0.407 e. The van der Waals surface area contributed by atoms with Crippen molar-refractivity contribution in [1.82, 2.24) is 19.8 Å². The highest BCUT2D eigenvalue weighted by Crippen LogP contribution is 2.33. The van der Waals surface area contributed by atoms with Crippen LogP contribution in [0.25, 0.3) is 22.4 Å². The van der Waals surface area contributed by atoms with Crippen molar-refractivity contribution in [2.24, 2.45) is 11.7 Å². The van der Waals surface area contributed by atoms with Crippen LogP contribution in [0.1, 0.15) is 48.4 Å². The number of carboxylic acid groups (broad SMARTS) is 1. The Bertz CT molecular complexity index is 1250. The van der Waals surface area contributed by atoms with Gasteiger partial charge in [-0.15, -0.1) is 0 Å². The van der Waals surface area contributed by atoms with Crippen molar-refractivity contribution in [3.63, 3.8) is 0 Å². The number of nitrogens with two attached hydrogens (primary N) is 1. The molecule has 1 aliphatic rings. The summed E-state index contributed by atoms with van der Waals surface area (Å²) in [4.78, 5) is 47.0. The molecule has 1 saturated heterocycles. The minimum atomic E-state index is -0.994. The number of rotatable bonds is 9. The van der Waals surface area contributed by atoms with E-state index >= 15 is 0 Å². The fourth-order valence-electron chi connectivity index (χ4n) is 4.83. The number of carbonyl (C=O) groups is 3. The van der Waals surface area contributed by atoms with Gasteiger partial charge in [-0.3, -0.25) is 9.59 Å². The summed E-state index contributed by atoms with van der Waals surface area (Å²) in [5.41, 5.74) is 9.84. The van der Waals surface area contributed by atoms with Gasteiger partial charge in [0.05, 0.1) is 18.3 Å². The number of nitrogens with zero attached hydrogens (tertiary/aromatic N) is 3. The van der Waals surface area contributed by atoms with Gasteiger partial charge in [0.15, 0.2) is 5.78 Å². The van der Waals surface area contributed by atoms with E-state index in [-0.39, 0.29) is 30.2 Å². The maximum atomic E-state index is 13.0. The molecule has 0 aliphatic carbocycles. The molecule has 0 spiro atoms. The number of ketones is 1. The molecule has 1 aromatic heterocycles. The molecule has 4 N–H and O–H groups in total. The Morgan fingerprint density at radius 1 is 1.11 bits per heavy atom. The number of hydrogen-bond donors (Lipinski definition) is 3. The van der Waals surface area contributed by atoms with Gasteiger partial charge < -0.3 is 25.6 Å². The summed E-state index contributed by atoms with van der Waals surface area (Å²) < 4.78 is 0. The van der Waals surface area contributed by atoms with Gasteiger partial charge in [-0.1, -0.05) is 55.5 Å². The molecule has 1 fully saturated rings. The number of hydrogen-bond acceptors (Lipinski definition) is 5. The van der Waals surface area contributed by atoms with Crippen LogP contribution in [-0.2, 0) is 4.79 Å². The van der Waals surface area contributed by atoms with Gasteiger partial charge in [0.2, 0.25) is 5.91 Å². The van der Waals surface area contributed by atoms with Gasteiger partial charge in [0.25, 0.3) is 0 Å². The number of amides is 2. The molecule has 1 aliphatic heterocycles. The number of imidazole rings is 1. The van der Waals surface area contributed by atoms with Crippen molar-refractivity contribution in [2.75, 3.05) is 26.7 Å². The predicted octanol–water partition coefficient (Wildman–Crippen LogP) is 4.18. The van der Waals surface area contributed by atoms with E-state index in [4.69, 9.17) is 15.8 Å². The Morgan fingerprint density at radius 3 is 2.35 bits per heavy atom. The molecule has 2 atom stereocenters. The lowest BCUT2D eigenvalue weighted by Crippen LogP contribution is -2.35. The SMILES string of the molecule is CC(CC(=O)N1CCC[C@H]1c1nc(-c2ccc(-c3ccc(C(=O)CN)cc3)cc2)c[nH]1)CN(C)C(=O)O. The van der Waals surface area contributed by atoms with E-state index in [9.17, 15) is 14.4 Å².